The van der Waals surface area contributed by atoms with Crippen molar-refractivity contribution in [1.29, 1.82) is 0 Å². The molecule has 0 amide bonds. The molecule has 2 unspecified atom stereocenters. The van der Waals surface area contributed by atoms with Crippen LogP contribution in [-0.4, -0.2) is 24.7 Å². The van der Waals surface area contributed by atoms with E-state index in [1.54, 1.807) is 30.3 Å². The van der Waals surface area contributed by atoms with Crippen molar-refractivity contribution in [3.8, 4) is 5.75 Å². The molecule has 110 valence electrons. The highest BCUT2D eigenvalue weighted by molar-refractivity contribution is 7.89. The summed E-state index contributed by atoms with van der Waals surface area (Å²) in [6, 6.07) is 12.3. The molecule has 0 spiro atoms. The Morgan fingerprint density at radius 2 is 1.71 bits per heavy atom. The monoisotopic (exact) mass is 305 g/mol. The summed E-state index contributed by atoms with van der Waals surface area (Å²) in [6.45, 7) is 0. The summed E-state index contributed by atoms with van der Waals surface area (Å²) in [5.74, 6) is 0.147. The Morgan fingerprint density at radius 3 is 2.43 bits per heavy atom. The molecule has 2 atom stereocenters. The van der Waals surface area contributed by atoms with Gasteiger partial charge in [-0.2, -0.15) is 0 Å². The average Bonchev–Trinajstić information content (AvgIpc) is 2.47. The fraction of sp³-hybridized carbons (Fsp3) is 0.200. The van der Waals surface area contributed by atoms with E-state index in [0.717, 1.165) is 5.56 Å². The normalized spacial score (nSPS) is 23.5. The van der Waals surface area contributed by atoms with Crippen LogP contribution in [0.4, 0.5) is 0 Å². The van der Waals surface area contributed by atoms with Gasteiger partial charge in [-0.25, -0.2) is 13.1 Å². The lowest BCUT2D eigenvalue weighted by Gasteiger charge is -2.30. The second-order valence-corrected chi connectivity index (χ2v) is 6.76. The molecule has 5 nitrogen and oxygen atoms in total. The maximum atomic E-state index is 12.2. The summed E-state index contributed by atoms with van der Waals surface area (Å²) in [5.41, 5.74) is 1.25. The number of phenolic OH excluding ortho intramolecular Hbond substituents is 1. The predicted octanol–water partition coefficient (Wildman–Crippen LogP) is 1.33. The maximum Gasteiger partial charge on any atom is 0.241 e. The Hall–Kier alpha value is -1.89. The molecule has 1 aliphatic heterocycles. The molecule has 6 heteroatoms. The van der Waals surface area contributed by atoms with E-state index in [0.29, 0.717) is 12.0 Å². The number of fused-ring (bicyclic) bond motifs is 1. The predicted molar refractivity (Wildman–Crippen MR) is 77.3 cm³/mol. The number of hydrogen-bond donors (Lipinski definition) is 3. The Morgan fingerprint density at radius 1 is 1.05 bits per heavy atom. The highest BCUT2D eigenvalue weighted by Crippen LogP contribution is 2.31. The minimum Gasteiger partial charge on any atom is -0.508 e. The zero-order valence-corrected chi connectivity index (χ0v) is 11.9. The first-order valence-corrected chi connectivity index (χ1v) is 8.03. The highest BCUT2D eigenvalue weighted by atomic mass is 32.2. The van der Waals surface area contributed by atoms with Gasteiger partial charge in [0.1, 0.15) is 5.75 Å². The van der Waals surface area contributed by atoms with Crippen molar-refractivity contribution in [2.45, 2.75) is 23.5 Å². The van der Waals surface area contributed by atoms with E-state index in [1.165, 1.54) is 18.2 Å². The van der Waals surface area contributed by atoms with Gasteiger partial charge in [-0.05, 0) is 30.2 Å². The molecule has 2 aromatic carbocycles. The lowest BCUT2D eigenvalue weighted by atomic mass is 9.96. The molecule has 3 rings (SSSR count). The Balaban J connectivity index is 1.94. The number of aliphatic hydroxyl groups is 1. The van der Waals surface area contributed by atoms with Crippen molar-refractivity contribution in [3.05, 3.63) is 59.7 Å². The standard InChI is InChI=1S/C15H15NO4S/c17-11-7-5-10(6-8-11)9-13-15(18)12-3-1-2-4-14(12)21(19,20)16-13/h1-8,13,15-18H,9H2. The summed E-state index contributed by atoms with van der Waals surface area (Å²) in [7, 11) is -3.61. The quantitative estimate of drug-likeness (QED) is 0.781. The number of rotatable bonds is 2. The molecule has 0 aliphatic carbocycles. The largest absolute Gasteiger partial charge is 0.508 e. The van der Waals surface area contributed by atoms with Gasteiger partial charge in [0.15, 0.2) is 0 Å². The van der Waals surface area contributed by atoms with E-state index < -0.39 is 22.2 Å². The van der Waals surface area contributed by atoms with Crippen LogP contribution < -0.4 is 4.72 Å². The third kappa shape index (κ3) is 2.65. The van der Waals surface area contributed by atoms with Crippen LogP contribution in [-0.2, 0) is 16.4 Å². The fourth-order valence-corrected chi connectivity index (χ4v) is 4.05. The second kappa shape index (κ2) is 5.14. The first kappa shape index (κ1) is 14.1. The van der Waals surface area contributed by atoms with Gasteiger partial charge >= 0.3 is 0 Å². The molecular weight excluding hydrogens is 290 g/mol. The zero-order chi connectivity index (χ0) is 15.0. The second-order valence-electron chi connectivity index (χ2n) is 5.08. The molecule has 2 aromatic rings. The smallest absolute Gasteiger partial charge is 0.241 e. The van der Waals surface area contributed by atoms with Crippen molar-refractivity contribution in [2.24, 2.45) is 0 Å². The molecule has 0 saturated heterocycles. The van der Waals surface area contributed by atoms with Crippen LogP contribution in [0.5, 0.6) is 5.75 Å². The number of aliphatic hydroxyl groups excluding tert-OH is 1. The Bertz CT molecular complexity index is 755. The number of sulfonamides is 1. The summed E-state index contributed by atoms with van der Waals surface area (Å²) < 4.78 is 26.9. The van der Waals surface area contributed by atoms with Crippen molar-refractivity contribution < 1.29 is 18.6 Å². The van der Waals surface area contributed by atoms with Crippen molar-refractivity contribution in [1.82, 2.24) is 4.72 Å². The van der Waals surface area contributed by atoms with E-state index in [2.05, 4.69) is 4.72 Å². The van der Waals surface area contributed by atoms with Gasteiger partial charge in [-0.1, -0.05) is 30.3 Å². The van der Waals surface area contributed by atoms with Crippen molar-refractivity contribution >= 4 is 10.0 Å². The molecule has 1 heterocycles. The van der Waals surface area contributed by atoms with Gasteiger partial charge in [-0.3, -0.25) is 0 Å². The first-order valence-electron chi connectivity index (χ1n) is 6.54. The lowest BCUT2D eigenvalue weighted by molar-refractivity contribution is 0.131. The topological polar surface area (TPSA) is 86.6 Å². The minimum absolute atomic E-state index is 0.124. The van der Waals surface area contributed by atoms with E-state index in [4.69, 9.17) is 0 Å². The Kier molecular flexibility index (Phi) is 3.44. The van der Waals surface area contributed by atoms with Crippen LogP contribution in [0.15, 0.2) is 53.4 Å². The summed E-state index contributed by atoms with van der Waals surface area (Å²) in [4.78, 5) is 0.124. The molecule has 0 bridgehead atoms. The molecular formula is C15H15NO4S. The minimum atomic E-state index is -3.61. The third-order valence-electron chi connectivity index (χ3n) is 3.61. The number of nitrogens with one attached hydrogen (secondary N) is 1. The summed E-state index contributed by atoms with van der Waals surface area (Å²) >= 11 is 0. The maximum absolute atomic E-state index is 12.2. The van der Waals surface area contributed by atoms with E-state index in [-0.39, 0.29) is 10.6 Å². The lowest BCUT2D eigenvalue weighted by Crippen LogP contribution is -2.45. The Labute approximate surface area is 122 Å². The van der Waals surface area contributed by atoms with Crippen molar-refractivity contribution in [3.63, 3.8) is 0 Å². The van der Waals surface area contributed by atoms with Crippen LogP contribution in [0.3, 0.4) is 0 Å². The van der Waals surface area contributed by atoms with Gasteiger partial charge in [-0.15, -0.1) is 0 Å². The molecule has 0 aromatic heterocycles. The van der Waals surface area contributed by atoms with Crippen LogP contribution in [0.25, 0.3) is 0 Å². The average molecular weight is 305 g/mol. The van der Waals surface area contributed by atoms with E-state index >= 15 is 0 Å². The molecule has 1 aliphatic rings. The third-order valence-corrected chi connectivity index (χ3v) is 5.17. The van der Waals surface area contributed by atoms with E-state index in [1.807, 2.05) is 0 Å². The number of hydrogen-bond acceptors (Lipinski definition) is 4. The molecule has 0 saturated carbocycles. The molecule has 3 N–H and O–H groups in total. The van der Waals surface area contributed by atoms with Crippen LogP contribution in [0.1, 0.15) is 17.2 Å². The number of aromatic hydroxyl groups is 1. The van der Waals surface area contributed by atoms with Gasteiger partial charge in [0.05, 0.1) is 17.0 Å². The van der Waals surface area contributed by atoms with E-state index in [9.17, 15) is 18.6 Å². The molecule has 0 fully saturated rings. The van der Waals surface area contributed by atoms with Gasteiger partial charge in [0.25, 0.3) is 0 Å². The van der Waals surface area contributed by atoms with Crippen LogP contribution in [0.2, 0.25) is 0 Å². The molecule has 21 heavy (non-hydrogen) atoms. The fourth-order valence-electron chi connectivity index (χ4n) is 2.55. The first-order chi connectivity index (χ1) is 9.97. The van der Waals surface area contributed by atoms with Gasteiger partial charge < -0.3 is 10.2 Å². The number of phenols is 1. The van der Waals surface area contributed by atoms with Crippen molar-refractivity contribution in [2.75, 3.05) is 0 Å². The SMILES string of the molecule is O=S1(=O)NC(Cc2ccc(O)cc2)C(O)c2ccccc21. The van der Waals surface area contributed by atoms with Gasteiger partial charge in [0.2, 0.25) is 10.0 Å². The number of benzene rings is 2. The zero-order valence-electron chi connectivity index (χ0n) is 11.1. The van der Waals surface area contributed by atoms with Crippen LogP contribution >= 0.6 is 0 Å². The van der Waals surface area contributed by atoms with Gasteiger partial charge in [0, 0.05) is 5.56 Å². The molecule has 0 radical (unpaired) electrons. The van der Waals surface area contributed by atoms with Crippen LogP contribution in [0, 0.1) is 0 Å². The summed E-state index contributed by atoms with van der Waals surface area (Å²) in [6.07, 6.45) is -0.562. The highest BCUT2D eigenvalue weighted by Gasteiger charge is 2.35. The summed E-state index contributed by atoms with van der Waals surface area (Å²) in [5, 5.41) is 19.7.